The lowest BCUT2D eigenvalue weighted by Crippen LogP contribution is -2.30. The molecule has 1 atom stereocenters. The van der Waals surface area contributed by atoms with Gasteiger partial charge in [0.1, 0.15) is 11.5 Å². The molecule has 1 unspecified atom stereocenters. The van der Waals surface area contributed by atoms with Gasteiger partial charge in [0.25, 0.3) is 5.91 Å². The summed E-state index contributed by atoms with van der Waals surface area (Å²) in [6.45, 7) is 1.92. The van der Waals surface area contributed by atoms with E-state index in [-0.39, 0.29) is 12.3 Å². The number of rotatable bonds is 9. The number of amides is 1. The van der Waals surface area contributed by atoms with Crippen LogP contribution in [-0.4, -0.2) is 31.7 Å². The normalized spacial score (nSPS) is 11.4. The molecule has 144 valence electrons. The smallest absolute Gasteiger partial charge is 0.306 e. The zero-order chi connectivity index (χ0) is 19.6. The van der Waals surface area contributed by atoms with Crippen LogP contribution < -0.4 is 14.8 Å². The summed E-state index contributed by atoms with van der Waals surface area (Å²) in [4.78, 5) is 23.9. The van der Waals surface area contributed by atoms with E-state index in [0.29, 0.717) is 24.5 Å². The summed E-state index contributed by atoms with van der Waals surface area (Å²) in [5.74, 6) is 0.639. The maximum absolute atomic E-state index is 12.1. The van der Waals surface area contributed by atoms with Gasteiger partial charge in [-0.2, -0.15) is 0 Å². The monoisotopic (exact) mass is 435 g/mol. The maximum Gasteiger partial charge on any atom is 0.306 e. The minimum atomic E-state index is -0.872. The molecular weight excluding hydrogens is 414 g/mol. The molecule has 2 aromatic carbocycles. The van der Waals surface area contributed by atoms with Gasteiger partial charge < -0.3 is 19.5 Å². The van der Waals surface area contributed by atoms with Crippen molar-refractivity contribution in [3.05, 3.63) is 53.0 Å². The Labute approximate surface area is 166 Å². The summed E-state index contributed by atoms with van der Waals surface area (Å²) < 4.78 is 16.7. The maximum atomic E-state index is 12.1. The summed E-state index contributed by atoms with van der Waals surface area (Å²) in [6, 6.07) is 14.3. The molecule has 27 heavy (non-hydrogen) atoms. The number of benzene rings is 2. The molecular formula is C20H22BrNO5. The van der Waals surface area contributed by atoms with Crippen LogP contribution in [0.25, 0.3) is 0 Å². The van der Waals surface area contributed by atoms with Crippen molar-refractivity contribution >= 4 is 33.5 Å². The number of esters is 1. The molecule has 0 heterocycles. The topological polar surface area (TPSA) is 73.9 Å². The van der Waals surface area contributed by atoms with Crippen molar-refractivity contribution in [1.29, 1.82) is 0 Å². The average Bonchev–Trinajstić information content (AvgIpc) is 2.67. The molecule has 1 amide bonds. The lowest BCUT2D eigenvalue weighted by molar-refractivity contribution is -0.153. The van der Waals surface area contributed by atoms with Crippen LogP contribution in [0.3, 0.4) is 0 Å². The third-order valence-corrected chi connectivity index (χ3v) is 4.17. The lowest BCUT2D eigenvalue weighted by Gasteiger charge is -2.13. The highest BCUT2D eigenvalue weighted by Gasteiger charge is 2.17. The standard InChI is InChI=1S/C20H22BrNO5/c1-14(20(24)22-16-7-5-15(21)6-8-16)27-19(23)4-3-13-26-18-11-9-17(25-2)10-12-18/h5-12,14H,3-4,13H2,1-2H3,(H,22,24). The Morgan fingerprint density at radius 3 is 2.30 bits per heavy atom. The quantitative estimate of drug-likeness (QED) is 0.472. The number of hydrogen-bond donors (Lipinski definition) is 1. The molecule has 7 heteroatoms. The highest BCUT2D eigenvalue weighted by molar-refractivity contribution is 9.10. The third kappa shape index (κ3) is 7.30. The van der Waals surface area contributed by atoms with E-state index in [2.05, 4.69) is 21.2 Å². The molecule has 1 N–H and O–H groups in total. The molecule has 6 nitrogen and oxygen atoms in total. The van der Waals surface area contributed by atoms with Crippen LogP contribution in [0.15, 0.2) is 53.0 Å². The molecule has 2 aromatic rings. The van der Waals surface area contributed by atoms with E-state index in [0.717, 1.165) is 10.2 Å². The zero-order valence-electron chi connectivity index (χ0n) is 15.2. The highest BCUT2D eigenvalue weighted by atomic mass is 79.9. The van der Waals surface area contributed by atoms with Crippen molar-refractivity contribution in [3.63, 3.8) is 0 Å². The van der Waals surface area contributed by atoms with Crippen molar-refractivity contribution in [3.8, 4) is 11.5 Å². The van der Waals surface area contributed by atoms with Gasteiger partial charge in [0.05, 0.1) is 13.7 Å². The van der Waals surface area contributed by atoms with Gasteiger partial charge in [-0.3, -0.25) is 9.59 Å². The number of hydrogen-bond acceptors (Lipinski definition) is 5. The fraction of sp³-hybridized carbons (Fsp3) is 0.300. The van der Waals surface area contributed by atoms with E-state index in [1.165, 1.54) is 0 Å². The first kappa shape index (κ1) is 20.8. The van der Waals surface area contributed by atoms with Crippen LogP contribution in [0.1, 0.15) is 19.8 Å². The van der Waals surface area contributed by atoms with E-state index in [9.17, 15) is 9.59 Å². The van der Waals surface area contributed by atoms with Gasteiger partial charge in [0.2, 0.25) is 0 Å². The molecule has 2 rings (SSSR count). The van der Waals surface area contributed by atoms with Crippen molar-refractivity contribution < 1.29 is 23.8 Å². The van der Waals surface area contributed by atoms with Crippen molar-refractivity contribution in [2.75, 3.05) is 19.0 Å². The van der Waals surface area contributed by atoms with Gasteiger partial charge in [-0.15, -0.1) is 0 Å². The van der Waals surface area contributed by atoms with Crippen molar-refractivity contribution in [2.45, 2.75) is 25.9 Å². The van der Waals surface area contributed by atoms with Gasteiger partial charge in [-0.25, -0.2) is 0 Å². The molecule has 0 aliphatic carbocycles. The molecule has 0 saturated carbocycles. The Morgan fingerprint density at radius 1 is 1.04 bits per heavy atom. The molecule has 0 aromatic heterocycles. The number of carbonyl (C=O) groups excluding carboxylic acids is 2. The Kier molecular flexibility index (Phi) is 8.13. The lowest BCUT2D eigenvalue weighted by atomic mass is 10.3. The first-order valence-electron chi connectivity index (χ1n) is 8.50. The Hall–Kier alpha value is -2.54. The summed E-state index contributed by atoms with van der Waals surface area (Å²) in [5.41, 5.74) is 0.638. The Bertz CT molecular complexity index is 746. The number of carbonyl (C=O) groups is 2. The van der Waals surface area contributed by atoms with Crippen LogP contribution in [-0.2, 0) is 14.3 Å². The van der Waals surface area contributed by atoms with Crippen LogP contribution in [0, 0.1) is 0 Å². The van der Waals surface area contributed by atoms with Gasteiger partial charge >= 0.3 is 5.97 Å². The van der Waals surface area contributed by atoms with E-state index in [1.54, 1.807) is 50.4 Å². The van der Waals surface area contributed by atoms with E-state index >= 15 is 0 Å². The zero-order valence-corrected chi connectivity index (χ0v) is 16.8. The van der Waals surface area contributed by atoms with Crippen LogP contribution in [0.4, 0.5) is 5.69 Å². The summed E-state index contributed by atoms with van der Waals surface area (Å²) >= 11 is 3.33. The van der Waals surface area contributed by atoms with Gasteiger partial charge in [0, 0.05) is 16.6 Å². The Morgan fingerprint density at radius 2 is 1.67 bits per heavy atom. The second-order valence-corrected chi connectivity index (χ2v) is 6.67. The SMILES string of the molecule is COc1ccc(OCCCC(=O)OC(C)C(=O)Nc2ccc(Br)cc2)cc1. The van der Waals surface area contributed by atoms with Gasteiger partial charge in [-0.05, 0) is 61.9 Å². The van der Waals surface area contributed by atoms with Gasteiger partial charge in [-0.1, -0.05) is 15.9 Å². The number of anilines is 1. The van der Waals surface area contributed by atoms with E-state index in [1.807, 2.05) is 12.1 Å². The molecule has 0 fully saturated rings. The van der Waals surface area contributed by atoms with Crippen LogP contribution >= 0.6 is 15.9 Å². The minimum absolute atomic E-state index is 0.173. The largest absolute Gasteiger partial charge is 0.497 e. The van der Waals surface area contributed by atoms with E-state index in [4.69, 9.17) is 14.2 Å². The number of nitrogens with one attached hydrogen (secondary N) is 1. The second-order valence-electron chi connectivity index (χ2n) is 5.76. The number of ether oxygens (including phenoxy) is 3. The predicted molar refractivity (Wildman–Crippen MR) is 106 cm³/mol. The molecule has 0 spiro atoms. The summed E-state index contributed by atoms with van der Waals surface area (Å²) in [6.07, 6.45) is -0.207. The second kappa shape index (κ2) is 10.6. The summed E-state index contributed by atoms with van der Waals surface area (Å²) in [5, 5.41) is 2.70. The van der Waals surface area contributed by atoms with E-state index < -0.39 is 12.1 Å². The fourth-order valence-corrected chi connectivity index (χ4v) is 2.43. The first-order chi connectivity index (χ1) is 13.0. The Balaban J connectivity index is 1.66. The van der Waals surface area contributed by atoms with Crippen LogP contribution in [0.2, 0.25) is 0 Å². The fourth-order valence-electron chi connectivity index (χ4n) is 2.17. The first-order valence-corrected chi connectivity index (χ1v) is 9.30. The average molecular weight is 436 g/mol. The molecule has 0 saturated heterocycles. The molecule has 0 radical (unpaired) electrons. The molecule has 0 bridgehead atoms. The van der Waals surface area contributed by atoms with Gasteiger partial charge in [0.15, 0.2) is 6.10 Å². The third-order valence-electron chi connectivity index (χ3n) is 3.64. The minimum Gasteiger partial charge on any atom is -0.497 e. The highest BCUT2D eigenvalue weighted by Crippen LogP contribution is 2.17. The number of methoxy groups -OCH3 is 1. The predicted octanol–water partition coefficient (Wildman–Crippen LogP) is 4.19. The summed E-state index contributed by atoms with van der Waals surface area (Å²) in [7, 11) is 1.60. The van der Waals surface area contributed by atoms with Crippen molar-refractivity contribution in [2.24, 2.45) is 0 Å². The van der Waals surface area contributed by atoms with Crippen LogP contribution in [0.5, 0.6) is 11.5 Å². The molecule has 0 aliphatic heterocycles. The molecule has 0 aliphatic rings. The van der Waals surface area contributed by atoms with Crippen molar-refractivity contribution in [1.82, 2.24) is 0 Å². The number of halogens is 1.